The average Bonchev–Trinajstić information content (AvgIpc) is 3.00. The number of hydrazone groups is 1. The molecule has 0 spiro atoms. The Kier molecular flexibility index (Phi) is 2.61. The summed E-state index contributed by atoms with van der Waals surface area (Å²) in [5.41, 5.74) is 5.21. The van der Waals surface area contributed by atoms with Crippen molar-refractivity contribution in [2.24, 2.45) is 5.10 Å². The van der Waals surface area contributed by atoms with Gasteiger partial charge in [0.25, 0.3) is 0 Å². The number of hydrogen-bond acceptors (Lipinski definition) is 3. The standard InChI is InChI=1S/C13H11ClN2O/c14-10-5-3-9(4-6-10)11-8-12(16-15-11)13-2-1-7-17-13/h1-7,12,16H,8H2. The van der Waals surface area contributed by atoms with Gasteiger partial charge in [0, 0.05) is 11.4 Å². The molecule has 0 bridgehead atoms. The van der Waals surface area contributed by atoms with Gasteiger partial charge in [-0.3, -0.25) is 5.43 Å². The Labute approximate surface area is 104 Å². The molecule has 1 unspecified atom stereocenters. The molecular formula is C13H11ClN2O. The first-order valence-corrected chi connectivity index (χ1v) is 5.82. The minimum absolute atomic E-state index is 0.135. The lowest BCUT2D eigenvalue weighted by molar-refractivity contribution is 0.440. The third-order valence-corrected chi connectivity index (χ3v) is 3.07. The summed E-state index contributed by atoms with van der Waals surface area (Å²) in [4.78, 5) is 0. The normalized spacial score (nSPS) is 18.9. The predicted octanol–water partition coefficient (Wildman–Crippen LogP) is 3.37. The summed E-state index contributed by atoms with van der Waals surface area (Å²) in [6, 6.07) is 11.7. The van der Waals surface area contributed by atoms with Gasteiger partial charge in [-0.05, 0) is 29.8 Å². The van der Waals surface area contributed by atoms with E-state index in [0.717, 1.165) is 28.5 Å². The van der Waals surface area contributed by atoms with Crippen LogP contribution in [0.5, 0.6) is 0 Å². The molecular weight excluding hydrogens is 236 g/mol. The van der Waals surface area contributed by atoms with Crippen LogP contribution in [0.25, 0.3) is 0 Å². The molecule has 1 aliphatic rings. The van der Waals surface area contributed by atoms with E-state index in [1.807, 2.05) is 36.4 Å². The molecule has 4 heteroatoms. The fraction of sp³-hybridized carbons (Fsp3) is 0.154. The largest absolute Gasteiger partial charge is 0.467 e. The molecule has 1 N–H and O–H groups in total. The lowest BCUT2D eigenvalue weighted by Gasteiger charge is -2.05. The number of nitrogens with zero attached hydrogens (tertiary/aromatic N) is 1. The smallest absolute Gasteiger partial charge is 0.128 e. The molecule has 86 valence electrons. The van der Waals surface area contributed by atoms with Crippen LogP contribution in [0.15, 0.2) is 52.2 Å². The van der Waals surface area contributed by atoms with Crippen molar-refractivity contribution in [1.29, 1.82) is 0 Å². The Morgan fingerprint density at radius 3 is 2.76 bits per heavy atom. The van der Waals surface area contributed by atoms with Crippen molar-refractivity contribution in [2.45, 2.75) is 12.5 Å². The Bertz CT molecular complexity index is 531. The minimum Gasteiger partial charge on any atom is -0.467 e. The second-order valence-electron chi connectivity index (χ2n) is 3.97. The monoisotopic (exact) mass is 246 g/mol. The Morgan fingerprint density at radius 1 is 1.24 bits per heavy atom. The Balaban J connectivity index is 1.77. The van der Waals surface area contributed by atoms with Gasteiger partial charge in [-0.1, -0.05) is 23.7 Å². The van der Waals surface area contributed by atoms with E-state index < -0.39 is 0 Å². The summed E-state index contributed by atoms with van der Waals surface area (Å²) in [6.45, 7) is 0. The summed E-state index contributed by atoms with van der Waals surface area (Å²) in [5.74, 6) is 0.915. The van der Waals surface area contributed by atoms with Crippen LogP contribution in [0, 0.1) is 0 Å². The maximum Gasteiger partial charge on any atom is 0.128 e. The zero-order valence-corrected chi connectivity index (χ0v) is 9.82. The van der Waals surface area contributed by atoms with E-state index in [-0.39, 0.29) is 6.04 Å². The summed E-state index contributed by atoms with van der Waals surface area (Å²) in [6.07, 6.45) is 2.51. The van der Waals surface area contributed by atoms with Crippen LogP contribution in [0.3, 0.4) is 0 Å². The van der Waals surface area contributed by atoms with E-state index in [4.69, 9.17) is 16.0 Å². The first-order valence-electron chi connectivity index (χ1n) is 5.44. The van der Waals surface area contributed by atoms with Crippen molar-refractivity contribution in [1.82, 2.24) is 5.43 Å². The van der Waals surface area contributed by atoms with Gasteiger partial charge in [-0.25, -0.2) is 0 Å². The molecule has 3 rings (SSSR count). The molecule has 0 radical (unpaired) electrons. The quantitative estimate of drug-likeness (QED) is 0.882. The number of hydrogen-bond donors (Lipinski definition) is 1. The van der Waals surface area contributed by atoms with Crippen LogP contribution in [-0.4, -0.2) is 5.71 Å². The van der Waals surface area contributed by atoms with Crippen LogP contribution in [-0.2, 0) is 0 Å². The molecule has 0 aliphatic carbocycles. The van der Waals surface area contributed by atoms with Crippen LogP contribution in [0.1, 0.15) is 23.8 Å². The topological polar surface area (TPSA) is 37.5 Å². The van der Waals surface area contributed by atoms with Crippen molar-refractivity contribution in [2.75, 3.05) is 0 Å². The van der Waals surface area contributed by atoms with Gasteiger partial charge in [-0.15, -0.1) is 0 Å². The maximum atomic E-state index is 5.86. The third-order valence-electron chi connectivity index (χ3n) is 2.82. The molecule has 0 saturated heterocycles. The average molecular weight is 247 g/mol. The summed E-state index contributed by atoms with van der Waals surface area (Å²) < 4.78 is 5.36. The Hall–Kier alpha value is -1.74. The van der Waals surface area contributed by atoms with Gasteiger partial charge in [-0.2, -0.15) is 5.10 Å². The molecule has 0 saturated carbocycles. The summed E-state index contributed by atoms with van der Waals surface area (Å²) in [5, 5.41) is 5.08. The van der Waals surface area contributed by atoms with E-state index >= 15 is 0 Å². The molecule has 1 atom stereocenters. The second kappa shape index (κ2) is 4.26. The molecule has 1 aliphatic heterocycles. The minimum atomic E-state index is 0.135. The molecule has 1 aromatic heterocycles. The van der Waals surface area contributed by atoms with E-state index in [9.17, 15) is 0 Å². The van der Waals surface area contributed by atoms with Gasteiger partial charge in [0.05, 0.1) is 12.0 Å². The summed E-state index contributed by atoms with van der Waals surface area (Å²) in [7, 11) is 0. The lowest BCUT2D eigenvalue weighted by atomic mass is 10.0. The molecule has 0 fully saturated rings. The van der Waals surface area contributed by atoms with E-state index in [1.54, 1.807) is 6.26 Å². The van der Waals surface area contributed by atoms with Crippen molar-refractivity contribution in [3.8, 4) is 0 Å². The van der Waals surface area contributed by atoms with Crippen molar-refractivity contribution in [3.05, 3.63) is 59.0 Å². The molecule has 2 heterocycles. The lowest BCUT2D eigenvalue weighted by Crippen LogP contribution is -2.08. The highest BCUT2D eigenvalue weighted by molar-refractivity contribution is 6.30. The van der Waals surface area contributed by atoms with Crippen molar-refractivity contribution < 1.29 is 4.42 Å². The zero-order valence-electron chi connectivity index (χ0n) is 9.06. The molecule has 17 heavy (non-hydrogen) atoms. The molecule has 1 aromatic carbocycles. The van der Waals surface area contributed by atoms with Gasteiger partial charge in [0.2, 0.25) is 0 Å². The van der Waals surface area contributed by atoms with Crippen LogP contribution >= 0.6 is 11.6 Å². The molecule has 3 nitrogen and oxygen atoms in total. The highest BCUT2D eigenvalue weighted by atomic mass is 35.5. The van der Waals surface area contributed by atoms with E-state index in [1.165, 1.54) is 0 Å². The number of halogens is 1. The maximum absolute atomic E-state index is 5.86. The van der Waals surface area contributed by atoms with E-state index in [2.05, 4.69) is 10.5 Å². The van der Waals surface area contributed by atoms with Crippen molar-refractivity contribution >= 4 is 17.3 Å². The highest BCUT2D eigenvalue weighted by Gasteiger charge is 2.22. The fourth-order valence-corrected chi connectivity index (χ4v) is 2.04. The Morgan fingerprint density at radius 2 is 2.06 bits per heavy atom. The summed E-state index contributed by atoms with van der Waals surface area (Å²) >= 11 is 5.86. The van der Waals surface area contributed by atoms with Crippen molar-refractivity contribution in [3.63, 3.8) is 0 Å². The van der Waals surface area contributed by atoms with Gasteiger partial charge >= 0.3 is 0 Å². The van der Waals surface area contributed by atoms with Crippen LogP contribution in [0.4, 0.5) is 0 Å². The number of furan rings is 1. The number of nitrogens with one attached hydrogen (secondary N) is 1. The van der Waals surface area contributed by atoms with Crippen LogP contribution < -0.4 is 5.43 Å². The zero-order chi connectivity index (χ0) is 11.7. The SMILES string of the molecule is Clc1ccc(C2=NNC(c3ccco3)C2)cc1. The molecule has 0 amide bonds. The van der Waals surface area contributed by atoms with Gasteiger partial charge in [0.15, 0.2) is 0 Å². The molecule has 2 aromatic rings. The van der Waals surface area contributed by atoms with E-state index in [0.29, 0.717) is 0 Å². The highest BCUT2D eigenvalue weighted by Crippen LogP contribution is 2.25. The predicted molar refractivity (Wildman–Crippen MR) is 67.2 cm³/mol. The third kappa shape index (κ3) is 2.06. The number of benzene rings is 1. The second-order valence-corrected chi connectivity index (χ2v) is 4.40. The van der Waals surface area contributed by atoms with Gasteiger partial charge < -0.3 is 4.42 Å². The van der Waals surface area contributed by atoms with Crippen LogP contribution in [0.2, 0.25) is 5.02 Å². The van der Waals surface area contributed by atoms with Gasteiger partial charge in [0.1, 0.15) is 11.8 Å². The fourth-order valence-electron chi connectivity index (χ4n) is 1.92. The number of rotatable bonds is 2. The first-order chi connectivity index (χ1) is 8.33. The first kappa shape index (κ1) is 10.4.